The fourth-order valence-electron chi connectivity index (χ4n) is 2.77. The van der Waals surface area contributed by atoms with Gasteiger partial charge in [0.25, 0.3) is 17.7 Å². The summed E-state index contributed by atoms with van der Waals surface area (Å²) >= 11 is 0. The van der Waals surface area contributed by atoms with Crippen molar-refractivity contribution in [2.75, 3.05) is 45.2 Å². The van der Waals surface area contributed by atoms with Crippen LogP contribution in [0.2, 0.25) is 0 Å². The number of carbonyl (C=O) groups excluding carboxylic acids is 5. The summed E-state index contributed by atoms with van der Waals surface area (Å²) in [5.41, 5.74) is 0.814. The third kappa shape index (κ3) is 5.53. The van der Waals surface area contributed by atoms with Gasteiger partial charge in [0.15, 0.2) is 6.61 Å². The molecule has 0 saturated carbocycles. The minimum Gasteiger partial charge on any atom is -0.454 e. The van der Waals surface area contributed by atoms with Crippen LogP contribution < -0.4 is 5.32 Å². The van der Waals surface area contributed by atoms with Crippen LogP contribution in [-0.2, 0) is 19.1 Å². The van der Waals surface area contributed by atoms with Gasteiger partial charge < -0.3 is 19.9 Å². The molecule has 1 fully saturated rings. The Hall–Kier alpha value is -3.43. The van der Waals surface area contributed by atoms with E-state index in [2.05, 4.69) is 5.32 Å². The lowest BCUT2D eigenvalue weighted by atomic mass is 10.1. The predicted molar refractivity (Wildman–Crippen MR) is 103 cm³/mol. The molecule has 1 saturated heterocycles. The summed E-state index contributed by atoms with van der Waals surface area (Å²) in [4.78, 5) is 63.2. The standard InChI is InChI=1S/C19H24N4O6/c1-4-22(5-2)18(27)13-7-6-8-14(9-13)20-15(24)12-29-17(26)11-23-16(25)10-21(3)19(23)28/h6-9H,4-5,10-12H2,1-3H3,(H,20,24). The molecule has 0 radical (unpaired) electrons. The van der Waals surface area contributed by atoms with Crippen molar-refractivity contribution in [3.05, 3.63) is 29.8 Å². The summed E-state index contributed by atoms with van der Waals surface area (Å²) in [5, 5.41) is 2.54. The average molecular weight is 404 g/mol. The Morgan fingerprint density at radius 2 is 1.86 bits per heavy atom. The molecule has 0 aromatic heterocycles. The Labute approximate surface area is 168 Å². The molecule has 156 valence electrons. The van der Waals surface area contributed by atoms with E-state index in [1.165, 1.54) is 18.0 Å². The molecule has 10 heteroatoms. The van der Waals surface area contributed by atoms with E-state index in [1.54, 1.807) is 23.1 Å². The number of amides is 5. The van der Waals surface area contributed by atoms with Gasteiger partial charge in [0.2, 0.25) is 0 Å². The number of nitrogens with one attached hydrogen (secondary N) is 1. The molecule has 1 aliphatic heterocycles. The van der Waals surface area contributed by atoms with E-state index in [-0.39, 0.29) is 12.5 Å². The quantitative estimate of drug-likeness (QED) is 0.499. The largest absolute Gasteiger partial charge is 0.454 e. The van der Waals surface area contributed by atoms with Gasteiger partial charge in [0.05, 0.1) is 0 Å². The number of imide groups is 1. The van der Waals surface area contributed by atoms with Crippen molar-refractivity contribution >= 4 is 35.4 Å². The van der Waals surface area contributed by atoms with Crippen molar-refractivity contribution in [1.82, 2.24) is 14.7 Å². The Bertz CT molecular complexity index is 821. The average Bonchev–Trinajstić information content (AvgIpc) is 2.93. The van der Waals surface area contributed by atoms with Crippen molar-refractivity contribution in [3.8, 4) is 0 Å². The Morgan fingerprint density at radius 1 is 1.17 bits per heavy atom. The van der Waals surface area contributed by atoms with E-state index in [9.17, 15) is 24.0 Å². The lowest BCUT2D eigenvalue weighted by Crippen LogP contribution is -2.37. The Morgan fingerprint density at radius 3 is 2.45 bits per heavy atom. The van der Waals surface area contributed by atoms with Crippen LogP contribution in [0.4, 0.5) is 10.5 Å². The van der Waals surface area contributed by atoms with Crippen LogP contribution in [0.25, 0.3) is 0 Å². The number of likely N-dealkylation sites (N-methyl/N-ethyl adjacent to an activating group) is 1. The summed E-state index contributed by atoms with van der Waals surface area (Å²) in [5.74, 6) is -2.14. The van der Waals surface area contributed by atoms with Crippen LogP contribution in [0, 0.1) is 0 Å². The topological polar surface area (TPSA) is 116 Å². The number of rotatable bonds is 8. The number of hydrogen-bond donors (Lipinski definition) is 1. The second kappa shape index (κ2) is 9.67. The zero-order valence-corrected chi connectivity index (χ0v) is 16.6. The van der Waals surface area contributed by atoms with Gasteiger partial charge in [0, 0.05) is 31.4 Å². The van der Waals surface area contributed by atoms with Gasteiger partial charge >= 0.3 is 12.0 Å². The van der Waals surface area contributed by atoms with Gasteiger partial charge in [-0.05, 0) is 32.0 Å². The van der Waals surface area contributed by atoms with Gasteiger partial charge in [-0.3, -0.25) is 24.1 Å². The first-order valence-corrected chi connectivity index (χ1v) is 9.17. The molecule has 5 amide bonds. The first-order valence-electron chi connectivity index (χ1n) is 9.17. The fourth-order valence-corrected chi connectivity index (χ4v) is 2.77. The molecule has 1 aromatic carbocycles. The van der Waals surface area contributed by atoms with Crippen LogP contribution >= 0.6 is 0 Å². The van der Waals surface area contributed by atoms with E-state index < -0.39 is 37.0 Å². The molecular weight excluding hydrogens is 380 g/mol. The molecule has 10 nitrogen and oxygen atoms in total. The van der Waals surface area contributed by atoms with E-state index in [4.69, 9.17) is 4.74 Å². The molecule has 1 heterocycles. The van der Waals surface area contributed by atoms with Crippen molar-refractivity contribution in [2.24, 2.45) is 0 Å². The molecule has 0 bridgehead atoms. The molecule has 1 aliphatic rings. The monoisotopic (exact) mass is 404 g/mol. The van der Waals surface area contributed by atoms with Gasteiger partial charge in [0.1, 0.15) is 13.1 Å². The second-order valence-corrected chi connectivity index (χ2v) is 6.39. The third-order valence-electron chi connectivity index (χ3n) is 4.33. The Balaban J connectivity index is 1.87. The summed E-state index contributed by atoms with van der Waals surface area (Å²) in [6.07, 6.45) is 0. The molecule has 0 atom stereocenters. The summed E-state index contributed by atoms with van der Waals surface area (Å²) in [6.45, 7) is 3.65. The van der Waals surface area contributed by atoms with Crippen LogP contribution in [0.3, 0.4) is 0 Å². The number of ether oxygens (including phenoxy) is 1. The maximum absolute atomic E-state index is 12.4. The van der Waals surface area contributed by atoms with Crippen molar-refractivity contribution in [1.29, 1.82) is 0 Å². The van der Waals surface area contributed by atoms with E-state index in [0.717, 1.165) is 4.90 Å². The highest BCUT2D eigenvalue weighted by Gasteiger charge is 2.35. The van der Waals surface area contributed by atoms with Gasteiger partial charge in [-0.2, -0.15) is 0 Å². The fraction of sp³-hybridized carbons (Fsp3) is 0.421. The Kier molecular flexibility index (Phi) is 7.29. The van der Waals surface area contributed by atoms with Gasteiger partial charge in [-0.1, -0.05) is 6.07 Å². The van der Waals surface area contributed by atoms with Gasteiger partial charge in [-0.15, -0.1) is 0 Å². The molecule has 0 spiro atoms. The van der Waals surface area contributed by atoms with E-state index >= 15 is 0 Å². The zero-order chi connectivity index (χ0) is 21.6. The number of anilines is 1. The SMILES string of the molecule is CCN(CC)C(=O)c1cccc(NC(=O)COC(=O)CN2C(=O)CN(C)C2=O)c1. The molecule has 2 rings (SSSR count). The maximum Gasteiger partial charge on any atom is 0.327 e. The van der Waals surface area contributed by atoms with Gasteiger partial charge in [-0.25, -0.2) is 4.79 Å². The first-order chi connectivity index (χ1) is 13.8. The summed E-state index contributed by atoms with van der Waals surface area (Å²) < 4.78 is 4.83. The number of urea groups is 1. The van der Waals surface area contributed by atoms with E-state index in [1.807, 2.05) is 13.8 Å². The summed E-state index contributed by atoms with van der Waals surface area (Å²) in [7, 11) is 1.44. The van der Waals surface area contributed by atoms with Crippen molar-refractivity contribution in [2.45, 2.75) is 13.8 Å². The molecule has 0 unspecified atom stereocenters. The van der Waals surface area contributed by atoms with Crippen LogP contribution in [0.15, 0.2) is 24.3 Å². The normalized spacial score (nSPS) is 13.5. The van der Waals surface area contributed by atoms with Crippen molar-refractivity contribution < 1.29 is 28.7 Å². The molecule has 1 aromatic rings. The van der Waals surface area contributed by atoms with Crippen molar-refractivity contribution in [3.63, 3.8) is 0 Å². The lowest BCUT2D eigenvalue weighted by Gasteiger charge is -2.19. The highest BCUT2D eigenvalue weighted by molar-refractivity contribution is 6.04. The number of carbonyl (C=O) groups is 5. The number of esters is 1. The van der Waals surface area contributed by atoms with E-state index in [0.29, 0.717) is 24.3 Å². The number of hydrogen-bond acceptors (Lipinski definition) is 6. The van der Waals surface area contributed by atoms with Crippen LogP contribution in [0.5, 0.6) is 0 Å². The molecule has 29 heavy (non-hydrogen) atoms. The minimum atomic E-state index is -0.873. The zero-order valence-electron chi connectivity index (χ0n) is 16.6. The third-order valence-corrected chi connectivity index (χ3v) is 4.33. The van der Waals surface area contributed by atoms with Crippen LogP contribution in [0.1, 0.15) is 24.2 Å². The molecular formula is C19H24N4O6. The summed E-state index contributed by atoms with van der Waals surface area (Å²) in [6, 6.07) is 5.84. The second-order valence-electron chi connectivity index (χ2n) is 6.39. The highest BCUT2D eigenvalue weighted by Crippen LogP contribution is 2.13. The molecule has 1 N–H and O–H groups in total. The lowest BCUT2D eigenvalue weighted by molar-refractivity contribution is -0.149. The predicted octanol–water partition coefficient (Wildman–Crippen LogP) is 0.544. The number of benzene rings is 1. The smallest absolute Gasteiger partial charge is 0.327 e. The minimum absolute atomic E-state index is 0.102. The van der Waals surface area contributed by atoms with Crippen LogP contribution in [-0.4, -0.2) is 84.3 Å². The number of nitrogens with zero attached hydrogens (tertiary/aromatic N) is 3. The first kappa shape index (κ1) is 21.9. The highest BCUT2D eigenvalue weighted by atomic mass is 16.5. The maximum atomic E-state index is 12.4. The molecule has 0 aliphatic carbocycles.